The van der Waals surface area contributed by atoms with E-state index in [0.29, 0.717) is 0 Å². The summed E-state index contributed by atoms with van der Waals surface area (Å²) in [5.74, 6) is 0. The maximum atomic E-state index is 6.06. The summed E-state index contributed by atoms with van der Waals surface area (Å²) < 4.78 is 6.60. The molecule has 12 aromatic rings. The Bertz CT molecular complexity index is 3630. The fourth-order valence-corrected chi connectivity index (χ4v) is 33.0. The average Bonchev–Trinajstić information content (AvgIpc) is 4.26. The first-order chi connectivity index (χ1) is 34.4. The first kappa shape index (κ1) is 48.8. The van der Waals surface area contributed by atoms with Gasteiger partial charge in [-0.25, -0.2) is 0 Å². The van der Waals surface area contributed by atoms with E-state index in [9.17, 15) is 0 Å². The van der Waals surface area contributed by atoms with Crippen molar-refractivity contribution >= 4 is 143 Å². The van der Waals surface area contributed by atoms with Crippen molar-refractivity contribution in [3.8, 4) is 29.9 Å². The van der Waals surface area contributed by atoms with Gasteiger partial charge in [0.15, 0.2) is 0 Å². The maximum Gasteiger partial charge on any atom is 0.0449 e. The Morgan fingerprint density at radius 2 is 0.743 bits per heavy atom. The SMILES string of the molecule is CCC[CH2][Sn]([CH2]CCC)([CH2]CCC)[c]1ccc(-c2cccs2)s1.Clc1ccc2cc3cc4ccccc4cc3cc2c1.c1csc(-c2ccc(-c3ccc4cc5cc6ccccc6cc5cc4c3)s2)c1. The molecule has 12 rings (SSSR count). The molecule has 0 aliphatic heterocycles. The van der Waals surface area contributed by atoms with Crippen LogP contribution in [0.4, 0.5) is 0 Å². The van der Waals surface area contributed by atoms with Crippen LogP contribution in [0.1, 0.15) is 59.3 Å². The zero-order chi connectivity index (χ0) is 47.9. The molecular weight excluding hydrogens is 1050 g/mol. The molecule has 0 fully saturated rings. The van der Waals surface area contributed by atoms with E-state index < -0.39 is 18.4 Å². The molecule has 350 valence electrons. The number of unbranched alkanes of at least 4 members (excludes halogenated alkanes) is 3. The Labute approximate surface area is 439 Å². The van der Waals surface area contributed by atoms with Gasteiger partial charge in [0.1, 0.15) is 0 Å². The van der Waals surface area contributed by atoms with Gasteiger partial charge in [-0.05, 0) is 161 Å². The van der Waals surface area contributed by atoms with Gasteiger partial charge < -0.3 is 0 Å². The summed E-state index contributed by atoms with van der Waals surface area (Å²) in [6.07, 6.45) is 8.45. The van der Waals surface area contributed by atoms with Crippen LogP contribution in [0.2, 0.25) is 18.3 Å². The third-order valence-corrected chi connectivity index (χ3v) is 36.7. The quantitative estimate of drug-likeness (QED) is 0.0797. The summed E-state index contributed by atoms with van der Waals surface area (Å²) in [7, 11) is 0. The molecule has 0 bridgehead atoms. The van der Waals surface area contributed by atoms with E-state index in [2.05, 4.69) is 213 Å². The second-order valence-electron chi connectivity index (χ2n) is 18.7. The van der Waals surface area contributed by atoms with Gasteiger partial charge in [0, 0.05) is 19.7 Å². The number of benzene rings is 8. The predicted octanol–water partition coefficient (Wildman–Crippen LogP) is 21.9. The van der Waals surface area contributed by atoms with Crippen LogP contribution >= 0.6 is 56.9 Å². The molecular formula is C64H59ClS4Sn. The zero-order valence-electron chi connectivity index (χ0n) is 40.4. The number of hydrogen-bond donors (Lipinski definition) is 0. The minimum atomic E-state index is -2.19. The van der Waals surface area contributed by atoms with Crippen LogP contribution in [-0.4, -0.2) is 18.4 Å². The predicted molar refractivity (Wildman–Crippen MR) is 322 cm³/mol. The molecule has 4 heterocycles. The van der Waals surface area contributed by atoms with E-state index in [0.717, 1.165) is 5.02 Å². The average molecular weight is 1110 g/mol. The molecule has 0 atom stereocenters. The third kappa shape index (κ3) is 11.1. The maximum absolute atomic E-state index is 6.06. The van der Waals surface area contributed by atoms with Crippen LogP contribution in [0.3, 0.4) is 0 Å². The largest absolute Gasteiger partial charge is 0.143 e. The normalized spacial score (nSPS) is 11.7. The van der Waals surface area contributed by atoms with Gasteiger partial charge in [-0.15, -0.1) is 22.7 Å². The fraction of sp³-hybridized carbons (Fsp3) is 0.188. The zero-order valence-corrected chi connectivity index (χ0v) is 47.2. The number of halogens is 1. The van der Waals surface area contributed by atoms with Gasteiger partial charge >= 0.3 is 156 Å². The van der Waals surface area contributed by atoms with Crippen molar-refractivity contribution in [2.75, 3.05) is 0 Å². The van der Waals surface area contributed by atoms with E-state index in [4.69, 9.17) is 11.6 Å². The molecule has 0 spiro atoms. The molecule has 70 heavy (non-hydrogen) atoms. The van der Waals surface area contributed by atoms with Gasteiger partial charge in [-0.3, -0.25) is 0 Å². The Hall–Kier alpha value is -4.79. The molecule has 0 N–H and O–H groups in total. The Kier molecular flexibility index (Phi) is 15.9. The summed E-state index contributed by atoms with van der Waals surface area (Å²) in [6, 6.07) is 66.3. The topological polar surface area (TPSA) is 0 Å². The van der Waals surface area contributed by atoms with Gasteiger partial charge in [0.25, 0.3) is 0 Å². The van der Waals surface area contributed by atoms with Crippen LogP contribution in [0, 0.1) is 0 Å². The van der Waals surface area contributed by atoms with Gasteiger partial charge in [-0.1, -0.05) is 84.4 Å². The smallest absolute Gasteiger partial charge is 0.0449 e. The van der Waals surface area contributed by atoms with E-state index in [1.54, 1.807) is 24.6 Å². The second-order valence-corrected chi connectivity index (χ2v) is 37.4. The van der Waals surface area contributed by atoms with E-state index >= 15 is 0 Å². The number of hydrogen-bond acceptors (Lipinski definition) is 4. The molecule has 0 radical (unpaired) electrons. The summed E-state index contributed by atoms with van der Waals surface area (Å²) >= 11 is 11.6. The summed E-state index contributed by atoms with van der Waals surface area (Å²) in [4.78, 5) is 6.98. The molecule has 0 unspecified atom stereocenters. The van der Waals surface area contributed by atoms with E-state index in [-0.39, 0.29) is 0 Å². The standard InChI is InChI=1S/C26H16S2.C18H11Cl.C8H5S2.3C4H9.Sn/c1-2-5-18-13-23-16-21-15-20(8-7-19(21)14-22(23)12-17(18)4-1)24-9-10-26(28-24)25-6-3-11-27-25;19-18-6-5-14-9-15-7-12-3-1-2-4-13(12)8-16(15)10-17(14)11-18;1-3-7(9-5-1)8-4-2-6-10-8;3*1-3-4-2;/h1-16H;1-11H;1-5H;3*1,3-4H2,2H3;. The molecule has 4 aromatic heterocycles. The van der Waals surface area contributed by atoms with Crippen molar-refractivity contribution in [1.82, 2.24) is 0 Å². The third-order valence-electron chi connectivity index (χ3n) is 13.9. The molecule has 8 aromatic carbocycles. The molecule has 0 nitrogen and oxygen atoms in total. The number of thiophene rings is 4. The molecule has 0 saturated heterocycles. The van der Waals surface area contributed by atoms with Crippen molar-refractivity contribution in [2.24, 2.45) is 0 Å². The van der Waals surface area contributed by atoms with E-state index in [1.807, 2.05) is 37.7 Å². The molecule has 0 aliphatic carbocycles. The van der Waals surface area contributed by atoms with Crippen LogP contribution < -0.4 is 2.89 Å². The van der Waals surface area contributed by atoms with Crippen molar-refractivity contribution in [2.45, 2.75) is 72.6 Å². The minimum absolute atomic E-state index is 0.785. The molecule has 0 saturated carbocycles. The molecule has 6 heteroatoms. The van der Waals surface area contributed by atoms with Gasteiger partial charge in [-0.2, -0.15) is 0 Å². The monoisotopic (exact) mass is 1110 g/mol. The fourth-order valence-electron chi connectivity index (χ4n) is 10.0. The van der Waals surface area contributed by atoms with Gasteiger partial charge in [0.2, 0.25) is 0 Å². The Morgan fingerprint density at radius 3 is 1.21 bits per heavy atom. The summed E-state index contributed by atoms with van der Waals surface area (Å²) in [6.45, 7) is 7.09. The Morgan fingerprint density at radius 1 is 0.343 bits per heavy atom. The van der Waals surface area contributed by atoms with Crippen LogP contribution in [0.25, 0.3) is 94.6 Å². The van der Waals surface area contributed by atoms with Gasteiger partial charge in [0.05, 0.1) is 0 Å². The van der Waals surface area contributed by atoms with Crippen LogP contribution in [-0.2, 0) is 0 Å². The van der Waals surface area contributed by atoms with Crippen molar-refractivity contribution in [3.63, 3.8) is 0 Å². The first-order valence-electron chi connectivity index (χ1n) is 25.0. The summed E-state index contributed by atoms with van der Waals surface area (Å²) in [5, 5.41) is 20.4. The van der Waals surface area contributed by atoms with E-state index in [1.165, 1.54) is 133 Å². The summed E-state index contributed by atoms with van der Waals surface area (Å²) in [5.41, 5.74) is 1.29. The van der Waals surface area contributed by atoms with Crippen molar-refractivity contribution in [3.05, 3.63) is 198 Å². The first-order valence-corrected chi connectivity index (χ1v) is 36.3. The van der Waals surface area contributed by atoms with Crippen LogP contribution in [0.5, 0.6) is 0 Å². The minimum Gasteiger partial charge on any atom is -0.143 e. The molecule has 0 aliphatic rings. The second kappa shape index (κ2) is 22.7. The van der Waals surface area contributed by atoms with Crippen LogP contribution in [0.15, 0.2) is 193 Å². The molecule has 0 amide bonds. The number of fused-ring (bicyclic) bond motifs is 6. The van der Waals surface area contributed by atoms with Crippen molar-refractivity contribution < 1.29 is 0 Å². The van der Waals surface area contributed by atoms with Crippen molar-refractivity contribution in [1.29, 1.82) is 0 Å². The Balaban J connectivity index is 0.000000124. The number of rotatable bonds is 13.